The topological polar surface area (TPSA) is 8.88 Å². The van der Waals surface area contributed by atoms with Gasteiger partial charge in [0.1, 0.15) is 39.3 Å². The van der Waals surface area contributed by atoms with Crippen molar-refractivity contribution in [2.24, 2.45) is 0 Å². The molecule has 0 aliphatic carbocycles. The largest absolute Gasteiger partial charge is 0.322 e. The summed E-state index contributed by atoms with van der Waals surface area (Å²) in [6.07, 6.45) is 0. The molecule has 1 fully saturated rings. The molecular formula is C20H28N2+2. The van der Waals surface area contributed by atoms with E-state index in [-0.39, 0.29) is 0 Å². The van der Waals surface area contributed by atoms with Crippen LogP contribution in [0.2, 0.25) is 0 Å². The maximum atomic E-state index is 2.33. The van der Waals surface area contributed by atoms with Crippen LogP contribution in [0.4, 0.5) is 0 Å². The first-order valence-electron chi connectivity index (χ1n) is 8.47. The molecule has 1 heterocycles. The summed E-state index contributed by atoms with van der Waals surface area (Å²) < 4.78 is 0. The summed E-state index contributed by atoms with van der Waals surface area (Å²) >= 11 is 0. The monoisotopic (exact) mass is 296 g/mol. The fraction of sp³-hybridized carbons (Fsp3) is 0.400. The summed E-state index contributed by atoms with van der Waals surface area (Å²) in [6, 6.07) is 18.0. The molecular weight excluding hydrogens is 268 g/mol. The quantitative estimate of drug-likeness (QED) is 0.825. The predicted molar refractivity (Wildman–Crippen MR) is 91.2 cm³/mol. The lowest BCUT2D eigenvalue weighted by Crippen LogP contribution is -3.27. The zero-order valence-electron chi connectivity index (χ0n) is 13.9. The maximum absolute atomic E-state index is 2.33. The lowest BCUT2D eigenvalue weighted by atomic mass is 10.1. The molecule has 2 aromatic carbocycles. The summed E-state index contributed by atoms with van der Waals surface area (Å²) in [5, 5.41) is 0. The molecule has 0 atom stereocenters. The van der Waals surface area contributed by atoms with Crippen LogP contribution in [0.1, 0.15) is 22.3 Å². The van der Waals surface area contributed by atoms with Crippen molar-refractivity contribution in [1.29, 1.82) is 0 Å². The Morgan fingerprint density at radius 1 is 0.682 bits per heavy atom. The molecule has 0 aromatic heterocycles. The van der Waals surface area contributed by atoms with Gasteiger partial charge < -0.3 is 9.80 Å². The van der Waals surface area contributed by atoms with Gasteiger partial charge >= 0.3 is 0 Å². The van der Waals surface area contributed by atoms with Gasteiger partial charge in [0.05, 0.1) is 0 Å². The molecule has 2 aromatic rings. The van der Waals surface area contributed by atoms with Gasteiger partial charge in [-0.15, -0.1) is 0 Å². The van der Waals surface area contributed by atoms with Crippen LogP contribution in [-0.2, 0) is 13.1 Å². The molecule has 0 spiro atoms. The summed E-state index contributed by atoms with van der Waals surface area (Å²) in [5.41, 5.74) is 5.69. The number of hydrogen-bond acceptors (Lipinski definition) is 0. The van der Waals surface area contributed by atoms with Gasteiger partial charge in [-0.2, -0.15) is 0 Å². The molecule has 2 N–H and O–H groups in total. The van der Waals surface area contributed by atoms with Crippen LogP contribution >= 0.6 is 0 Å². The van der Waals surface area contributed by atoms with E-state index in [0.717, 1.165) is 0 Å². The molecule has 22 heavy (non-hydrogen) atoms. The highest BCUT2D eigenvalue weighted by molar-refractivity contribution is 5.21. The van der Waals surface area contributed by atoms with Crippen molar-refractivity contribution in [1.82, 2.24) is 0 Å². The summed E-state index contributed by atoms with van der Waals surface area (Å²) in [6.45, 7) is 11.8. The number of piperazine rings is 1. The average Bonchev–Trinajstić information content (AvgIpc) is 2.52. The first-order valence-corrected chi connectivity index (χ1v) is 8.47. The van der Waals surface area contributed by atoms with E-state index in [0.29, 0.717) is 0 Å². The normalized spacial score (nSPS) is 21.7. The highest BCUT2D eigenvalue weighted by Crippen LogP contribution is 2.02. The molecule has 0 unspecified atom stereocenters. The van der Waals surface area contributed by atoms with Gasteiger partial charge in [-0.25, -0.2) is 0 Å². The molecule has 2 heteroatoms. The van der Waals surface area contributed by atoms with Crippen molar-refractivity contribution >= 4 is 0 Å². The van der Waals surface area contributed by atoms with E-state index in [9.17, 15) is 0 Å². The van der Waals surface area contributed by atoms with Gasteiger partial charge in [0.25, 0.3) is 0 Å². The van der Waals surface area contributed by atoms with Crippen molar-refractivity contribution in [3.8, 4) is 0 Å². The van der Waals surface area contributed by atoms with Gasteiger partial charge in [0, 0.05) is 11.1 Å². The third kappa shape index (κ3) is 4.19. The van der Waals surface area contributed by atoms with Crippen LogP contribution < -0.4 is 9.80 Å². The van der Waals surface area contributed by atoms with Crippen LogP contribution in [0.25, 0.3) is 0 Å². The van der Waals surface area contributed by atoms with Gasteiger partial charge in [-0.3, -0.25) is 0 Å². The smallest absolute Gasteiger partial charge is 0.127 e. The minimum Gasteiger partial charge on any atom is -0.322 e. The molecule has 1 saturated heterocycles. The van der Waals surface area contributed by atoms with E-state index in [1.807, 2.05) is 0 Å². The van der Waals surface area contributed by atoms with Crippen LogP contribution in [0.5, 0.6) is 0 Å². The number of hydrogen-bond donors (Lipinski definition) is 2. The minimum absolute atomic E-state index is 1.18. The molecule has 0 radical (unpaired) electrons. The summed E-state index contributed by atoms with van der Waals surface area (Å²) in [7, 11) is 0. The molecule has 3 rings (SSSR count). The molecule has 116 valence electrons. The van der Waals surface area contributed by atoms with Crippen molar-refractivity contribution in [2.45, 2.75) is 26.9 Å². The van der Waals surface area contributed by atoms with E-state index >= 15 is 0 Å². The fourth-order valence-electron chi connectivity index (χ4n) is 3.42. The number of benzene rings is 2. The fourth-order valence-corrected chi connectivity index (χ4v) is 3.42. The van der Waals surface area contributed by atoms with E-state index in [2.05, 4.69) is 62.4 Å². The average molecular weight is 296 g/mol. The van der Waals surface area contributed by atoms with Crippen molar-refractivity contribution < 1.29 is 9.80 Å². The molecule has 0 bridgehead atoms. The zero-order chi connectivity index (χ0) is 15.4. The van der Waals surface area contributed by atoms with Gasteiger partial charge in [0.15, 0.2) is 0 Å². The number of rotatable bonds is 4. The second-order valence-corrected chi connectivity index (χ2v) is 6.83. The van der Waals surface area contributed by atoms with Gasteiger partial charge in [-0.05, 0) is 13.8 Å². The maximum Gasteiger partial charge on any atom is 0.127 e. The molecule has 1 aliphatic heterocycles. The second kappa shape index (κ2) is 7.08. The first-order chi connectivity index (χ1) is 10.7. The van der Waals surface area contributed by atoms with Crippen molar-refractivity contribution in [2.75, 3.05) is 26.2 Å². The minimum atomic E-state index is 1.18. The second-order valence-electron chi connectivity index (χ2n) is 6.83. The number of nitrogens with one attached hydrogen (secondary N) is 2. The summed E-state index contributed by atoms with van der Waals surface area (Å²) in [4.78, 5) is 3.47. The van der Waals surface area contributed by atoms with E-state index in [4.69, 9.17) is 0 Å². The SMILES string of the molecule is Cc1ccc(C[NH+]2CC[NH+](Cc3cccc(C)c3)CC2)cc1. The lowest BCUT2D eigenvalue weighted by molar-refractivity contribution is -1.02. The number of aryl methyl sites for hydroxylation is 2. The molecule has 0 saturated carbocycles. The Kier molecular flexibility index (Phi) is 4.91. The van der Waals surface area contributed by atoms with Gasteiger partial charge in [-0.1, -0.05) is 59.7 Å². The van der Waals surface area contributed by atoms with Crippen LogP contribution in [-0.4, -0.2) is 26.2 Å². The van der Waals surface area contributed by atoms with Gasteiger partial charge in [0.2, 0.25) is 0 Å². The van der Waals surface area contributed by atoms with Crippen molar-refractivity contribution in [3.63, 3.8) is 0 Å². The number of quaternary nitrogens is 2. The van der Waals surface area contributed by atoms with Crippen LogP contribution in [0.3, 0.4) is 0 Å². The Labute approximate surface area is 134 Å². The van der Waals surface area contributed by atoms with Crippen molar-refractivity contribution in [3.05, 3.63) is 70.8 Å². The standard InChI is InChI=1S/C20H26N2/c1-17-6-8-19(9-7-17)15-21-10-12-22(13-11-21)16-20-5-3-4-18(2)14-20/h3-9,14H,10-13,15-16H2,1-2H3/p+2. The van der Waals surface area contributed by atoms with E-state index in [1.165, 1.54) is 61.5 Å². The summed E-state index contributed by atoms with van der Waals surface area (Å²) in [5.74, 6) is 0. The highest BCUT2D eigenvalue weighted by atomic mass is 15.3. The Morgan fingerprint density at radius 3 is 1.86 bits per heavy atom. The van der Waals surface area contributed by atoms with Crippen LogP contribution in [0.15, 0.2) is 48.5 Å². The zero-order valence-corrected chi connectivity index (χ0v) is 13.9. The van der Waals surface area contributed by atoms with E-state index in [1.54, 1.807) is 9.80 Å². The first kappa shape index (κ1) is 15.3. The Morgan fingerprint density at radius 2 is 1.27 bits per heavy atom. The third-order valence-electron chi connectivity index (χ3n) is 4.78. The van der Waals surface area contributed by atoms with Crippen LogP contribution in [0, 0.1) is 13.8 Å². The molecule has 0 amide bonds. The Balaban J connectivity index is 1.49. The Hall–Kier alpha value is -1.64. The predicted octanol–water partition coefficient (Wildman–Crippen LogP) is 0.787. The molecule has 2 nitrogen and oxygen atoms in total. The molecule has 1 aliphatic rings. The highest BCUT2D eigenvalue weighted by Gasteiger charge is 2.22. The third-order valence-corrected chi connectivity index (χ3v) is 4.78. The van der Waals surface area contributed by atoms with E-state index < -0.39 is 0 Å². The Bertz CT molecular complexity index is 595. The lowest BCUT2D eigenvalue weighted by Gasteiger charge is -2.30.